The molecule has 0 bridgehead atoms. The summed E-state index contributed by atoms with van der Waals surface area (Å²) in [6.07, 6.45) is 0. The highest BCUT2D eigenvalue weighted by molar-refractivity contribution is 5.97. The van der Waals surface area contributed by atoms with Crippen LogP contribution >= 0.6 is 0 Å². The third-order valence-corrected chi connectivity index (χ3v) is 4.00. The number of nitriles is 1. The van der Waals surface area contributed by atoms with Crippen LogP contribution in [0, 0.1) is 17.2 Å². The molecule has 0 spiro atoms. The van der Waals surface area contributed by atoms with Gasteiger partial charge in [-0.3, -0.25) is 10.1 Å². The third kappa shape index (κ3) is 7.54. The van der Waals surface area contributed by atoms with Gasteiger partial charge in [-0.1, -0.05) is 26.0 Å². The topological polar surface area (TPSA) is 103 Å². The van der Waals surface area contributed by atoms with Gasteiger partial charge in [0.25, 0.3) is 0 Å². The maximum absolute atomic E-state index is 12.1. The average Bonchev–Trinajstić information content (AvgIpc) is 2.71. The van der Waals surface area contributed by atoms with Crippen LogP contribution in [0.15, 0.2) is 48.5 Å². The second-order valence-corrected chi connectivity index (χ2v) is 7.08. The minimum absolute atomic E-state index is 0.308. The van der Waals surface area contributed by atoms with Gasteiger partial charge in [0.1, 0.15) is 18.4 Å². The molecule has 0 radical (unpaired) electrons. The molecule has 0 aromatic heterocycles. The van der Waals surface area contributed by atoms with Crippen LogP contribution in [0.5, 0.6) is 5.75 Å². The molecule has 0 saturated carbocycles. The highest BCUT2D eigenvalue weighted by Crippen LogP contribution is 2.18. The average molecular weight is 394 g/mol. The van der Waals surface area contributed by atoms with Crippen molar-refractivity contribution >= 4 is 17.6 Å². The number of amides is 3. The zero-order valence-electron chi connectivity index (χ0n) is 16.9. The fraction of sp³-hybridized carbons (Fsp3) is 0.318. The van der Waals surface area contributed by atoms with Gasteiger partial charge in [-0.2, -0.15) is 5.26 Å². The van der Waals surface area contributed by atoms with Crippen LogP contribution in [0.2, 0.25) is 0 Å². The lowest BCUT2D eigenvalue weighted by Gasteiger charge is -2.16. The van der Waals surface area contributed by atoms with Crippen LogP contribution in [0.25, 0.3) is 0 Å². The van der Waals surface area contributed by atoms with Crippen molar-refractivity contribution < 1.29 is 14.3 Å². The van der Waals surface area contributed by atoms with E-state index in [1.54, 1.807) is 43.3 Å². The van der Waals surface area contributed by atoms with Crippen molar-refractivity contribution in [2.45, 2.75) is 33.4 Å². The molecule has 152 valence electrons. The molecule has 0 heterocycles. The Morgan fingerprint density at radius 2 is 1.83 bits per heavy atom. The second-order valence-electron chi connectivity index (χ2n) is 7.08. The van der Waals surface area contributed by atoms with Gasteiger partial charge in [-0.05, 0) is 54.8 Å². The first-order chi connectivity index (χ1) is 13.9. The first kappa shape index (κ1) is 21.8. The van der Waals surface area contributed by atoms with Crippen LogP contribution in [0.4, 0.5) is 10.5 Å². The Morgan fingerprint density at radius 1 is 1.10 bits per heavy atom. The number of anilines is 1. The molecule has 1 unspecified atom stereocenters. The lowest BCUT2D eigenvalue weighted by molar-refractivity contribution is -0.120. The van der Waals surface area contributed by atoms with Crippen molar-refractivity contribution in [1.29, 1.82) is 5.26 Å². The third-order valence-electron chi connectivity index (χ3n) is 4.00. The molecule has 0 aliphatic rings. The van der Waals surface area contributed by atoms with Crippen molar-refractivity contribution in [2.24, 2.45) is 5.92 Å². The van der Waals surface area contributed by atoms with Crippen molar-refractivity contribution in [3.63, 3.8) is 0 Å². The van der Waals surface area contributed by atoms with E-state index in [-0.39, 0.29) is 0 Å². The van der Waals surface area contributed by atoms with E-state index in [2.05, 4.69) is 22.0 Å². The van der Waals surface area contributed by atoms with Crippen LogP contribution in [-0.4, -0.2) is 24.5 Å². The Balaban J connectivity index is 1.82. The quantitative estimate of drug-likeness (QED) is 0.637. The Morgan fingerprint density at radius 3 is 2.48 bits per heavy atom. The highest BCUT2D eigenvalue weighted by Gasteiger charge is 2.15. The monoisotopic (exact) mass is 394 g/mol. The van der Waals surface area contributed by atoms with Gasteiger partial charge in [0.05, 0.1) is 11.6 Å². The Hall–Kier alpha value is -3.53. The van der Waals surface area contributed by atoms with E-state index in [0.717, 1.165) is 11.3 Å². The van der Waals surface area contributed by atoms with Crippen LogP contribution in [-0.2, 0) is 11.4 Å². The summed E-state index contributed by atoms with van der Waals surface area (Å²) in [5.41, 5.74) is 2.23. The van der Waals surface area contributed by atoms with E-state index in [4.69, 9.17) is 10.00 Å². The first-order valence-corrected chi connectivity index (χ1v) is 9.44. The van der Waals surface area contributed by atoms with Crippen molar-refractivity contribution in [3.05, 3.63) is 59.7 Å². The normalized spacial score (nSPS) is 11.3. The molecule has 7 nitrogen and oxygen atoms in total. The summed E-state index contributed by atoms with van der Waals surface area (Å²) >= 11 is 0. The fourth-order valence-electron chi connectivity index (χ4n) is 2.42. The lowest BCUT2D eigenvalue weighted by Crippen LogP contribution is -2.46. The summed E-state index contributed by atoms with van der Waals surface area (Å²) in [6, 6.07) is 15.4. The van der Waals surface area contributed by atoms with E-state index in [9.17, 15) is 9.59 Å². The lowest BCUT2D eigenvalue weighted by atomic mass is 10.1. The van der Waals surface area contributed by atoms with Gasteiger partial charge in [0, 0.05) is 12.2 Å². The minimum Gasteiger partial charge on any atom is -0.489 e. The number of hydrogen-bond donors (Lipinski definition) is 3. The van der Waals surface area contributed by atoms with E-state index in [1.807, 2.05) is 26.0 Å². The summed E-state index contributed by atoms with van der Waals surface area (Å²) in [6.45, 7) is 6.49. The molecule has 3 N–H and O–H groups in total. The Bertz CT molecular complexity index is 872. The molecular formula is C22H26N4O3. The van der Waals surface area contributed by atoms with Crippen LogP contribution in [0.1, 0.15) is 31.9 Å². The molecule has 3 amide bonds. The second kappa shape index (κ2) is 10.7. The molecular weight excluding hydrogens is 368 g/mol. The predicted octanol–water partition coefficient (Wildman–Crippen LogP) is 3.42. The minimum atomic E-state index is -0.583. The summed E-state index contributed by atoms with van der Waals surface area (Å²) in [4.78, 5) is 23.8. The molecule has 2 aromatic carbocycles. The van der Waals surface area contributed by atoms with Crippen LogP contribution < -0.4 is 20.7 Å². The molecule has 0 saturated heterocycles. The SMILES string of the molecule is CC(C)CNC(=O)NC(=O)C(C)Nc1ccc(OCc2cccc(C#N)c2)cc1. The summed E-state index contributed by atoms with van der Waals surface area (Å²) in [5.74, 6) is 0.564. The zero-order valence-corrected chi connectivity index (χ0v) is 16.9. The van der Waals surface area contributed by atoms with E-state index < -0.39 is 18.0 Å². The molecule has 7 heteroatoms. The van der Waals surface area contributed by atoms with E-state index in [1.165, 1.54) is 0 Å². The van der Waals surface area contributed by atoms with Gasteiger partial charge in [-0.25, -0.2) is 4.79 Å². The number of nitrogens with zero attached hydrogens (tertiary/aromatic N) is 1. The fourth-order valence-corrected chi connectivity index (χ4v) is 2.42. The number of rotatable bonds is 8. The standard InChI is InChI=1S/C22H26N4O3/c1-15(2)13-24-22(28)26-21(27)16(3)25-19-7-9-20(10-8-19)29-14-18-6-4-5-17(11-18)12-23/h4-11,15-16,25H,13-14H2,1-3H3,(H2,24,26,27,28). The molecule has 0 fully saturated rings. The van der Waals surface area contributed by atoms with Crippen LogP contribution in [0.3, 0.4) is 0 Å². The number of carbonyl (C=O) groups is 2. The van der Waals surface area contributed by atoms with Crippen molar-refractivity contribution in [1.82, 2.24) is 10.6 Å². The number of hydrogen-bond acceptors (Lipinski definition) is 5. The van der Waals surface area contributed by atoms with Gasteiger partial charge < -0.3 is 15.4 Å². The molecule has 1 atom stereocenters. The Labute approximate surface area is 171 Å². The number of imide groups is 1. The zero-order chi connectivity index (χ0) is 21.2. The number of carbonyl (C=O) groups excluding carboxylic acids is 2. The molecule has 2 aromatic rings. The van der Waals surface area contributed by atoms with Crippen molar-refractivity contribution in [3.8, 4) is 11.8 Å². The summed E-state index contributed by atoms with van der Waals surface area (Å²) < 4.78 is 5.73. The van der Waals surface area contributed by atoms with E-state index >= 15 is 0 Å². The predicted molar refractivity (Wildman–Crippen MR) is 111 cm³/mol. The number of urea groups is 1. The highest BCUT2D eigenvalue weighted by atomic mass is 16.5. The smallest absolute Gasteiger partial charge is 0.321 e. The number of ether oxygens (including phenoxy) is 1. The molecule has 2 rings (SSSR count). The van der Waals surface area contributed by atoms with Gasteiger partial charge in [0.15, 0.2) is 0 Å². The Kier molecular flexibility index (Phi) is 8.04. The summed E-state index contributed by atoms with van der Waals surface area (Å²) in [7, 11) is 0. The molecule has 29 heavy (non-hydrogen) atoms. The maximum Gasteiger partial charge on any atom is 0.321 e. The molecule has 0 aliphatic heterocycles. The van der Waals surface area contributed by atoms with Crippen molar-refractivity contribution in [2.75, 3.05) is 11.9 Å². The first-order valence-electron chi connectivity index (χ1n) is 9.44. The van der Waals surface area contributed by atoms with E-state index in [0.29, 0.717) is 30.4 Å². The van der Waals surface area contributed by atoms with Gasteiger partial charge >= 0.3 is 6.03 Å². The summed E-state index contributed by atoms with van der Waals surface area (Å²) in [5, 5.41) is 16.9. The molecule has 0 aliphatic carbocycles. The number of benzene rings is 2. The number of nitrogens with one attached hydrogen (secondary N) is 3. The maximum atomic E-state index is 12.1. The largest absolute Gasteiger partial charge is 0.489 e. The van der Waals surface area contributed by atoms with Gasteiger partial charge in [-0.15, -0.1) is 0 Å². The van der Waals surface area contributed by atoms with Gasteiger partial charge in [0.2, 0.25) is 5.91 Å².